The van der Waals surface area contributed by atoms with Gasteiger partial charge in [0.25, 0.3) is 0 Å². The Morgan fingerprint density at radius 1 is 1.28 bits per heavy atom. The van der Waals surface area contributed by atoms with Gasteiger partial charge >= 0.3 is 0 Å². The summed E-state index contributed by atoms with van der Waals surface area (Å²) >= 11 is 10.1. The molecule has 1 aromatic carbocycles. The largest absolute Gasteiger partial charge is 0.261 e. The first-order valence-electron chi connectivity index (χ1n) is 5.88. The van der Waals surface area contributed by atoms with Crippen LogP contribution in [-0.2, 0) is 6.42 Å². The number of aromatic nitrogens is 1. The molecule has 0 aliphatic carbocycles. The second-order valence-corrected chi connectivity index (χ2v) is 5.84. The van der Waals surface area contributed by atoms with Crippen LogP contribution in [0.15, 0.2) is 41.0 Å². The molecule has 1 unspecified atom stereocenters. The van der Waals surface area contributed by atoms with Gasteiger partial charge < -0.3 is 0 Å². The number of nitrogens with zero attached hydrogens (tertiary/aromatic N) is 1. The van der Waals surface area contributed by atoms with Crippen LogP contribution in [0.4, 0.5) is 0 Å². The first-order valence-corrected chi connectivity index (χ1v) is 7.11. The van der Waals surface area contributed by atoms with E-state index in [0.717, 1.165) is 22.2 Å². The highest BCUT2D eigenvalue weighted by atomic mass is 79.9. The summed E-state index contributed by atoms with van der Waals surface area (Å²) in [7, 11) is 0. The van der Waals surface area contributed by atoms with Crippen LogP contribution in [0.25, 0.3) is 0 Å². The van der Waals surface area contributed by atoms with Crippen molar-refractivity contribution in [2.75, 3.05) is 0 Å². The van der Waals surface area contributed by atoms with E-state index in [2.05, 4.69) is 53.0 Å². The number of hydrogen-bond acceptors (Lipinski definition) is 1. The standard InChI is InChI=1S/C15H15BrClN/c1-10-5-6-13(16)12(8-10)14(17)9-15-11(2)4-3-7-18-15/h3-8,14H,9H2,1-2H3. The molecule has 0 N–H and O–H groups in total. The third-order valence-electron chi connectivity index (χ3n) is 2.98. The molecule has 0 radical (unpaired) electrons. The average molecular weight is 325 g/mol. The first-order chi connectivity index (χ1) is 8.58. The molecule has 0 aliphatic heterocycles. The zero-order valence-electron chi connectivity index (χ0n) is 10.5. The predicted molar refractivity (Wildman–Crippen MR) is 80.2 cm³/mol. The second-order valence-electron chi connectivity index (χ2n) is 4.46. The molecule has 18 heavy (non-hydrogen) atoms. The Labute approximate surface area is 121 Å². The zero-order chi connectivity index (χ0) is 13.1. The van der Waals surface area contributed by atoms with Crippen LogP contribution >= 0.6 is 27.5 Å². The minimum absolute atomic E-state index is 0.0622. The van der Waals surface area contributed by atoms with Gasteiger partial charge in [0.2, 0.25) is 0 Å². The molecule has 2 aromatic rings. The van der Waals surface area contributed by atoms with E-state index in [-0.39, 0.29) is 5.38 Å². The maximum absolute atomic E-state index is 6.52. The first kappa shape index (κ1) is 13.6. The third-order valence-corrected chi connectivity index (χ3v) is 4.09. The van der Waals surface area contributed by atoms with Gasteiger partial charge in [-0.25, -0.2) is 0 Å². The highest BCUT2D eigenvalue weighted by Gasteiger charge is 2.14. The molecule has 2 rings (SSSR count). The minimum atomic E-state index is -0.0622. The Kier molecular flexibility index (Phi) is 4.41. The Morgan fingerprint density at radius 3 is 2.78 bits per heavy atom. The molecule has 0 amide bonds. The summed E-state index contributed by atoms with van der Waals surface area (Å²) in [6.07, 6.45) is 2.56. The minimum Gasteiger partial charge on any atom is -0.261 e. The van der Waals surface area contributed by atoms with Gasteiger partial charge in [-0.15, -0.1) is 11.6 Å². The van der Waals surface area contributed by atoms with Gasteiger partial charge in [0, 0.05) is 22.8 Å². The van der Waals surface area contributed by atoms with Gasteiger partial charge in [-0.1, -0.05) is 39.7 Å². The normalized spacial score (nSPS) is 12.4. The molecule has 1 aromatic heterocycles. The molecule has 1 atom stereocenters. The van der Waals surface area contributed by atoms with Gasteiger partial charge in [0.1, 0.15) is 0 Å². The van der Waals surface area contributed by atoms with E-state index in [1.165, 1.54) is 11.1 Å². The van der Waals surface area contributed by atoms with E-state index >= 15 is 0 Å². The summed E-state index contributed by atoms with van der Waals surface area (Å²) in [6, 6.07) is 10.3. The Morgan fingerprint density at radius 2 is 2.06 bits per heavy atom. The van der Waals surface area contributed by atoms with Gasteiger partial charge in [-0.3, -0.25) is 4.98 Å². The Hall–Kier alpha value is -0.860. The molecule has 1 nitrogen and oxygen atoms in total. The van der Waals surface area contributed by atoms with Crippen LogP contribution in [0.2, 0.25) is 0 Å². The summed E-state index contributed by atoms with van der Waals surface area (Å²) in [5, 5.41) is -0.0622. The molecule has 1 heterocycles. The number of benzene rings is 1. The van der Waals surface area contributed by atoms with E-state index in [4.69, 9.17) is 11.6 Å². The van der Waals surface area contributed by atoms with Gasteiger partial charge in [0.05, 0.1) is 5.38 Å². The van der Waals surface area contributed by atoms with Crippen molar-refractivity contribution in [3.8, 4) is 0 Å². The lowest BCUT2D eigenvalue weighted by Gasteiger charge is -2.13. The van der Waals surface area contributed by atoms with Crippen LogP contribution in [0.3, 0.4) is 0 Å². The summed E-state index contributed by atoms with van der Waals surface area (Å²) in [5.41, 5.74) is 4.59. The maximum atomic E-state index is 6.52. The zero-order valence-corrected chi connectivity index (χ0v) is 12.8. The number of aryl methyl sites for hydroxylation is 2. The number of alkyl halides is 1. The van der Waals surface area contributed by atoms with Gasteiger partial charge in [-0.2, -0.15) is 0 Å². The van der Waals surface area contributed by atoms with Gasteiger partial charge in [-0.05, 0) is 37.1 Å². The van der Waals surface area contributed by atoms with Crippen molar-refractivity contribution >= 4 is 27.5 Å². The summed E-state index contributed by atoms with van der Waals surface area (Å²) in [6.45, 7) is 4.14. The molecule has 0 bridgehead atoms. The summed E-state index contributed by atoms with van der Waals surface area (Å²) in [5.74, 6) is 0. The lowest BCUT2D eigenvalue weighted by molar-refractivity contribution is 0.865. The van der Waals surface area contributed by atoms with Crippen LogP contribution in [0.5, 0.6) is 0 Å². The lowest BCUT2D eigenvalue weighted by Crippen LogP contribution is -2.01. The fraction of sp³-hybridized carbons (Fsp3) is 0.267. The Bertz CT molecular complexity index is 554. The molecule has 0 spiro atoms. The molecule has 0 saturated carbocycles. The van der Waals surface area contributed by atoms with E-state index in [9.17, 15) is 0 Å². The quantitative estimate of drug-likeness (QED) is 0.725. The molecule has 0 aliphatic rings. The van der Waals surface area contributed by atoms with Crippen molar-refractivity contribution in [1.82, 2.24) is 4.98 Å². The highest BCUT2D eigenvalue weighted by molar-refractivity contribution is 9.10. The third kappa shape index (κ3) is 3.12. The average Bonchev–Trinajstić information content (AvgIpc) is 2.35. The SMILES string of the molecule is Cc1ccc(Br)c(C(Cl)Cc2ncccc2C)c1. The Balaban J connectivity index is 2.25. The summed E-state index contributed by atoms with van der Waals surface area (Å²) in [4.78, 5) is 4.40. The maximum Gasteiger partial charge on any atom is 0.0651 e. The van der Waals surface area contributed by atoms with Crippen LogP contribution in [-0.4, -0.2) is 4.98 Å². The van der Waals surface area contributed by atoms with Crippen molar-refractivity contribution in [2.45, 2.75) is 25.6 Å². The van der Waals surface area contributed by atoms with Crippen molar-refractivity contribution in [3.05, 3.63) is 63.4 Å². The fourth-order valence-corrected chi connectivity index (χ4v) is 2.90. The van der Waals surface area contributed by atoms with Crippen LogP contribution < -0.4 is 0 Å². The molecule has 94 valence electrons. The second kappa shape index (κ2) is 5.85. The van der Waals surface area contributed by atoms with Crippen molar-refractivity contribution in [2.24, 2.45) is 0 Å². The van der Waals surface area contributed by atoms with E-state index in [1.54, 1.807) is 0 Å². The smallest absolute Gasteiger partial charge is 0.0651 e. The van der Waals surface area contributed by atoms with Gasteiger partial charge in [0.15, 0.2) is 0 Å². The van der Waals surface area contributed by atoms with Crippen molar-refractivity contribution < 1.29 is 0 Å². The van der Waals surface area contributed by atoms with Crippen molar-refractivity contribution in [3.63, 3.8) is 0 Å². The number of halogens is 2. The lowest BCUT2D eigenvalue weighted by atomic mass is 10.0. The van der Waals surface area contributed by atoms with E-state index in [0.29, 0.717) is 0 Å². The molecular formula is C15H15BrClN. The topological polar surface area (TPSA) is 12.9 Å². The fourth-order valence-electron chi connectivity index (χ4n) is 1.92. The molecule has 3 heteroatoms. The summed E-state index contributed by atoms with van der Waals surface area (Å²) < 4.78 is 1.06. The van der Waals surface area contributed by atoms with Crippen LogP contribution in [0.1, 0.15) is 27.8 Å². The van der Waals surface area contributed by atoms with Crippen LogP contribution in [0, 0.1) is 13.8 Å². The number of pyridine rings is 1. The molecule has 0 fully saturated rings. The van der Waals surface area contributed by atoms with Crippen molar-refractivity contribution in [1.29, 1.82) is 0 Å². The van der Waals surface area contributed by atoms with E-state index < -0.39 is 0 Å². The monoisotopic (exact) mass is 323 g/mol. The molecular weight excluding hydrogens is 310 g/mol. The van der Waals surface area contributed by atoms with E-state index in [1.807, 2.05) is 18.3 Å². The highest BCUT2D eigenvalue weighted by Crippen LogP contribution is 2.31. The number of rotatable bonds is 3. The number of hydrogen-bond donors (Lipinski definition) is 0. The molecule has 0 saturated heterocycles. The predicted octanol–water partition coefficient (Wildman–Crippen LogP) is 4.98.